The lowest BCUT2D eigenvalue weighted by atomic mass is 9.81. The number of hydrogen-bond acceptors (Lipinski definition) is 5. The van der Waals surface area contributed by atoms with Gasteiger partial charge in [0.2, 0.25) is 5.54 Å². The maximum Gasteiger partial charge on any atom is 0.270 e. The third kappa shape index (κ3) is 2.91. The van der Waals surface area contributed by atoms with Gasteiger partial charge in [-0.3, -0.25) is 14.7 Å². The van der Waals surface area contributed by atoms with E-state index in [0.717, 1.165) is 11.1 Å². The molecule has 1 aliphatic heterocycles. The monoisotopic (exact) mass is 467 g/mol. The highest BCUT2D eigenvalue weighted by molar-refractivity contribution is 6.13. The molecule has 0 saturated carbocycles. The molecule has 2 aromatic carbocycles. The van der Waals surface area contributed by atoms with Crippen LogP contribution in [0.4, 0.5) is 0 Å². The lowest BCUT2D eigenvalue weighted by molar-refractivity contribution is -0.154. The highest BCUT2D eigenvalue weighted by atomic mass is 16.6. The van der Waals surface area contributed by atoms with Crippen molar-refractivity contribution in [1.82, 2.24) is 15.5 Å². The predicted octanol–water partition coefficient (Wildman–Crippen LogP) is 4.14. The van der Waals surface area contributed by atoms with Crippen molar-refractivity contribution in [2.24, 2.45) is 0 Å². The molecule has 2 atom stereocenters. The van der Waals surface area contributed by atoms with Crippen LogP contribution in [0.3, 0.4) is 0 Å². The molecule has 0 saturated heterocycles. The number of benzene rings is 2. The van der Waals surface area contributed by atoms with Gasteiger partial charge in [-0.15, -0.1) is 0 Å². The Kier molecular flexibility index (Phi) is 4.63. The van der Waals surface area contributed by atoms with Gasteiger partial charge >= 0.3 is 0 Å². The summed E-state index contributed by atoms with van der Waals surface area (Å²) in [6.45, 7) is 4.12. The minimum absolute atomic E-state index is 0.182. The number of aromatic amines is 1. The van der Waals surface area contributed by atoms with Crippen molar-refractivity contribution < 1.29 is 19.4 Å². The van der Waals surface area contributed by atoms with Crippen LogP contribution in [0.25, 0.3) is 11.3 Å². The quantitative estimate of drug-likeness (QED) is 0.535. The molecule has 3 aromatic rings. The number of ether oxygens (including phenoxy) is 1. The Hall–Kier alpha value is -3.97. The number of allylic oxidation sites excluding steroid dienone is 1. The summed E-state index contributed by atoms with van der Waals surface area (Å²) in [6.07, 6.45) is 4.82. The van der Waals surface area contributed by atoms with Crippen LogP contribution in [0.15, 0.2) is 77.9 Å². The number of aliphatic hydroxyl groups is 1. The molecule has 2 aliphatic carbocycles. The number of aromatic nitrogens is 2. The van der Waals surface area contributed by atoms with Crippen molar-refractivity contribution in [2.45, 2.75) is 43.9 Å². The third-order valence-corrected chi connectivity index (χ3v) is 7.19. The number of carbonyl (C=O) groups excluding carboxylic acids is 2. The molecule has 7 heteroatoms. The van der Waals surface area contributed by atoms with Gasteiger partial charge in [0.25, 0.3) is 11.7 Å². The van der Waals surface area contributed by atoms with Crippen LogP contribution in [-0.2, 0) is 10.3 Å². The number of Topliss-reactive ketones (excluding diaryl/α,β-unsaturated/α-hetero) is 1. The number of nitrogens with one attached hydrogen (secondary N) is 2. The molecular weight excluding hydrogens is 442 g/mol. The molecule has 0 fully saturated rings. The van der Waals surface area contributed by atoms with Crippen LogP contribution in [0.1, 0.15) is 54.2 Å². The molecule has 2 heterocycles. The Morgan fingerprint density at radius 1 is 1.17 bits per heavy atom. The summed E-state index contributed by atoms with van der Waals surface area (Å²) in [5.74, 6) is -2.31. The zero-order chi connectivity index (χ0) is 24.4. The van der Waals surface area contributed by atoms with Crippen LogP contribution < -0.4 is 10.1 Å². The van der Waals surface area contributed by atoms with E-state index >= 15 is 0 Å². The Balaban J connectivity index is 1.45. The van der Waals surface area contributed by atoms with E-state index in [2.05, 4.69) is 29.4 Å². The topological polar surface area (TPSA) is 104 Å². The van der Waals surface area contributed by atoms with Crippen LogP contribution >= 0.6 is 0 Å². The van der Waals surface area contributed by atoms with Gasteiger partial charge in [-0.2, -0.15) is 5.10 Å². The van der Waals surface area contributed by atoms with E-state index < -0.39 is 17.2 Å². The first-order valence-corrected chi connectivity index (χ1v) is 11.8. The van der Waals surface area contributed by atoms with Crippen molar-refractivity contribution in [3.8, 4) is 17.0 Å². The number of nitrogens with zero attached hydrogens (tertiary/aromatic N) is 1. The van der Waals surface area contributed by atoms with E-state index in [-0.39, 0.29) is 17.4 Å². The molecule has 1 amide bonds. The third-order valence-electron chi connectivity index (χ3n) is 7.19. The van der Waals surface area contributed by atoms with Crippen molar-refractivity contribution in [3.05, 3.63) is 94.7 Å². The first-order chi connectivity index (χ1) is 16.8. The SMILES string of the molecule is CC(C)c1ccc2c(c1)OC1(O)C3=C(CCC=C3)C(=O)C21NC(=O)c1cc(-c2ccccc2)n[nH]1. The average Bonchev–Trinajstić information content (AvgIpc) is 3.50. The second-order valence-corrected chi connectivity index (χ2v) is 9.56. The molecule has 0 spiro atoms. The fourth-order valence-corrected chi connectivity index (χ4v) is 5.33. The molecule has 1 aromatic heterocycles. The van der Waals surface area contributed by atoms with Crippen LogP contribution in [-0.4, -0.2) is 32.8 Å². The smallest absolute Gasteiger partial charge is 0.270 e. The lowest BCUT2D eigenvalue weighted by Crippen LogP contribution is -2.63. The largest absolute Gasteiger partial charge is 0.454 e. The van der Waals surface area contributed by atoms with E-state index in [0.29, 0.717) is 41.0 Å². The number of amides is 1. The van der Waals surface area contributed by atoms with Gasteiger partial charge in [0.05, 0.1) is 5.69 Å². The van der Waals surface area contributed by atoms with Gasteiger partial charge < -0.3 is 15.2 Å². The van der Waals surface area contributed by atoms with Gasteiger partial charge in [0.1, 0.15) is 11.4 Å². The molecule has 0 radical (unpaired) electrons. The summed E-state index contributed by atoms with van der Waals surface area (Å²) in [5, 5.41) is 21.9. The molecular formula is C28H25N3O4. The van der Waals surface area contributed by atoms with Gasteiger partial charge in [0, 0.05) is 22.3 Å². The van der Waals surface area contributed by atoms with Crippen LogP contribution in [0.5, 0.6) is 5.75 Å². The summed E-state index contributed by atoms with van der Waals surface area (Å²) < 4.78 is 6.15. The molecule has 2 unspecified atom stereocenters. The minimum Gasteiger partial charge on any atom is -0.454 e. The zero-order valence-electron chi connectivity index (χ0n) is 19.5. The number of hydrogen-bond donors (Lipinski definition) is 3. The fourth-order valence-electron chi connectivity index (χ4n) is 5.33. The maximum atomic E-state index is 14.0. The number of fused-ring (bicyclic) bond motifs is 4. The number of rotatable bonds is 4. The molecule has 3 N–H and O–H groups in total. The molecule has 6 rings (SSSR count). The van der Waals surface area contributed by atoms with E-state index in [1.165, 1.54) is 0 Å². The lowest BCUT2D eigenvalue weighted by Gasteiger charge is -2.35. The minimum atomic E-state index is -2.04. The van der Waals surface area contributed by atoms with E-state index in [4.69, 9.17) is 4.74 Å². The predicted molar refractivity (Wildman–Crippen MR) is 130 cm³/mol. The van der Waals surface area contributed by atoms with E-state index in [1.807, 2.05) is 48.5 Å². The number of H-pyrrole nitrogens is 1. The Bertz CT molecular complexity index is 1440. The van der Waals surface area contributed by atoms with Crippen molar-refractivity contribution in [3.63, 3.8) is 0 Å². The number of carbonyl (C=O) groups is 2. The van der Waals surface area contributed by atoms with E-state index in [9.17, 15) is 14.7 Å². The van der Waals surface area contributed by atoms with Crippen molar-refractivity contribution in [1.29, 1.82) is 0 Å². The Labute approximate surface area is 202 Å². The second kappa shape index (κ2) is 7.52. The summed E-state index contributed by atoms with van der Waals surface area (Å²) in [4.78, 5) is 27.5. The van der Waals surface area contributed by atoms with Gasteiger partial charge in [-0.05, 0) is 36.5 Å². The Morgan fingerprint density at radius 2 is 1.97 bits per heavy atom. The van der Waals surface area contributed by atoms with Gasteiger partial charge in [-0.1, -0.05) is 68.5 Å². The molecule has 176 valence electrons. The first kappa shape index (κ1) is 21.6. The normalized spacial score (nSPS) is 24.3. The van der Waals surface area contributed by atoms with Crippen molar-refractivity contribution in [2.75, 3.05) is 0 Å². The zero-order valence-corrected chi connectivity index (χ0v) is 19.5. The first-order valence-electron chi connectivity index (χ1n) is 11.8. The second-order valence-electron chi connectivity index (χ2n) is 9.56. The summed E-state index contributed by atoms with van der Waals surface area (Å²) in [5.41, 5.74) is 2.21. The summed E-state index contributed by atoms with van der Waals surface area (Å²) >= 11 is 0. The maximum absolute atomic E-state index is 14.0. The molecule has 0 bridgehead atoms. The number of ketones is 1. The Morgan fingerprint density at radius 3 is 2.74 bits per heavy atom. The average molecular weight is 468 g/mol. The van der Waals surface area contributed by atoms with Crippen LogP contribution in [0.2, 0.25) is 0 Å². The molecule has 7 nitrogen and oxygen atoms in total. The van der Waals surface area contributed by atoms with E-state index in [1.54, 1.807) is 18.2 Å². The molecule has 35 heavy (non-hydrogen) atoms. The van der Waals surface area contributed by atoms with Gasteiger partial charge in [0.15, 0.2) is 5.78 Å². The summed E-state index contributed by atoms with van der Waals surface area (Å²) in [7, 11) is 0. The highest BCUT2D eigenvalue weighted by Gasteiger charge is 2.72. The molecule has 3 aliphatic rings. The van der Waals surface area contributed by atoms with Crippen LogP contribution in [0, 0.1) is 0 Å². The standard InChI is InChI=1S/C28H25N3O4/c1-16(2)18-12-13-21-24(14-18)35-28(34)20-11-7-6-10-19(20)25(32)27(21,28)29-26(33)23-15-22(30-31-23)17-8-4-3-5-9-17/h3-5,7-9,11-16,34H,6,10H2,1-2H3,(H,29,33)(H,30,31). The summed E-state index contributed by atoms with van der Waals surface area (Å²) in [6, 6.07) is 16.6. The van der Waals surface area contributed by atoms with Gasteiger partial charge in [-0.25, -0.2) is 0 Å². The fraction of sp³-hybridized carbons (Fsp3) is 0.250. The highest BCUT2D eigenvalue weighted by Crippen LogP contribution is 2.58. The van der Waals surface area contributed by atoms with Crippen molar-refractivity contribution >= 4 is 11.7 Å².